The monoisotopic (exact) mass is 389 g/mol. The van der Waals surface area contributed by atoms with E-state index in [0.29, 0.717) is 18.7 Å². The van der Waals surface area contributed by atoms with E-state index in [0.717, 1.165) is 32.4 Å². The van der Waals surface area contributed by atoms with Crippen LogP contribution in [0.4, 0.5) is 0 Å². The molecule has 2 aromatic heterocycles. The van der Waals surface area contributed by atoms with Crippen LogP contribution < -0.4 is 10.1 Å². The Hall–Kier alpha value is -2.31. The van der Waals surface area contributed by atoms with Gasteiger partial charge in [0.2, 0.25) is 0 Å². The van der Waals surface area contributed by atoms with Gasteiger partial charge in [-0.25, -0.2) is 4.98 Å². The molecule has 0 bridgehead atoms. The van der Waals surface area contributed by atoms with E-state index in [-0.39, 0.29) is 12.5 Å². The van der Waals surface area contributed by atoms with E-state index >= 15 is 0 Å². The lowest BCUT2D eigenvalue weighted by Gasteiger charge is -2.10. The summed E-state index contributed by atoms with van der Waals surface area (Å²) < 4.78 is 5.57. The molecule has 2 N–H and O–H groups in total. The smallest absolute Gasteiger partial charge is 0.257 e. The molecule has 0 aliphatic heterocycles. The van der Waals surface area contributed by atoms with Crippen LogP contribution in [0, 0.1) is 13.8 Å². The van der Waals surface area contributed by atoms with Crippen LogP contribution in [-0.2, 0) is 11.2 Å². The van der Waals surface area contributed by atoms with E-state index < -0.39 is 0 Å². The highest BCUT2D eigenvalue weighted by molar-refractivity contribution is 7.13. The van der Waals surface area contributed by atoms with Crippen LogP contribution in [0.5, 0.6) is 5.75 Å². The number of amides is 1. The Balaban J connectivity index is 1.47. The van der Waals surface area contributed by atoms with Crippen molar-refractivity contribution in [1.82, 2.24) is 15.3 Å². The minimum absolute atomic E-state index is 0.0265. The van der Waals surface area contributed by atoms with Crippen LogP contribution in [0.3, 0.4) is 0 Å². The number of carbonyl (C=O) groups is 1. The first kappa shape index (κ1) is 18.5. The van der Waals surface area contributed by atoms with Crippen molar-refractivity contribution in [2.75, 3.05) is 13.2 Å². The van der Waals surface area contributed by atoms with E-state index in [9.17, 15) is 4.79 Å². The maximum atomic E-state index is 12.0. The Morgan fingerprint density at radius 2 is 2.12 bits per heavy atom. The van der Waals surface area contributed by atoms with Gasteiger partial charge in [0.05, 0.1) is 11.2 Å². The summed E-state index contributed by atoms with van der Waals surface area (Å²) in [5, 5.41) is 5.62. The molecule has 0 radical (unpaired) electrons. The van der Waals surface area contributed by atoms with Gasteiger partial charge in [-0.3, -0.25) is 4.79 Å². The van der Waals surface area contributed by atoms with Crippen molar-refractivity contribution in [3.8, 4) is 16.3 Å². The highest BCUT2D eigenvalue weighted by atomic mass is 35.5. The third kappa shape index (κ3) is 4.45. The molecule has 0 fully saturated rings. The topological polar surface area (TPSA) is 67.0 Å². The molecule has 0 saturated carbocycles. The van der Waals surface area contributed by atoms with Crippen molar-refractivity contribution in [3.05, 3.63) is 57.8 Å². The van der Waals surface area contributed by atoms with E-state index in [1.165, 1.54) is 0 Å². The summed E-state index contributed by atoms with van der Waals surface area (Å²) in [4.78, 5) is 20.6. The summed E-state index contributed by atoms with van der Waals surface area (Å²) >= 11 is 7.78. The number of thiophene rings is 1. The number of ether oxygens (including phenoxy) is 1. The van der Waals surface area contributed by atoms with Crippen LogP contribution in [0.15, 0.2) is 36.0 Å². The standard InChI is InChI=1S/C19H20ClN3O2S/c1-12-8-14(9-13(2)18(12)20)25-10-17(24)21-6-5-15-19(23-11-22-15)16-4-3-7-26-16/h3-4,7-9,11H,5-6,10H2,1-2H3,(H,21,24)(H,22,23). The van der Waals surface area contributed by atoms with E-state index in [1.807, 2.05) is 43.5 Å². The lowest BCUT2D eigenvalue weighted by Crippen LogP contribution is -2.30. The molecule has 2 heterocycles. The molecular weight excluding hydrogens is 370 g/mol. The van der Waals surface area contributed by atoms with Gasteiger partial charge in [-0.05, 0) is 48.6 Å². The Morgan fingerprint density at radius 3 is 2.81 bits per heavy atom. The van der Waals surface area contributed by atoms with Crippen LogP contribution in [-0.4, -0.2) is 29.0 Å². The fourth-order valence-electron chi connectivity index (χ4n) is 2.65. The molecule has 0 unspecified atom stereocenters. The summed E-state index contributed by atoms with van der Waals surface area (Å²) in [5.41, 5.74) is 3.82. The summed E-state index contributed by atoms with van der Waals surface area (Å²) in [5.74, 6) is 0.487. The first-order valence-electron chi connectivity index (χ1n) is 8.27. The van der Waals surface area contributed by atoms with Crippen LogP contribution >= 0.6 is 22.9 Å². The third-order valence-corrected chi connectivity index (χ3v) is 5.42. The Bertz CT molecular complexity index is 867. The highest BCUT2D eigenvalue weighted by Crippen LogP contribution is 2.26. The van der Waals surface area contributed by atoms with Gasteiger partial charge in [-0.2, -0.15) is 0 Å². The van der Waals surface area contributed by atoms with Gasteiger partial charge in [0.15, 0.2) is 6.61 Å². The molecule has 1 aromatic carbocycles. The molecule has 5 nitrogen and oxygen atoms in total. The van der Waals surface area contributed by atoms with Crippen molar-refractivity contribution in [2.24, 2.45) is 0 Å². The van der Waals surface area contributed by atoms with Crippen molar-refractivity contribution >= 4 is 28.8 Å². The molecule has 136 valence electrons. The van der Waals surface area contributed by atoms with Gasteiger partial charge < -0.3 is 15.0 Å². The van der Waals surface area contributed by atoms with Gasteiger partial charge in [0.1, 0.15) is 11.4 Å². The number of nitrogens with zero attached hydrogens (tertiary/aromatic N) is 1. The van der Waals surface area contributed by atoms with Crippen molar-refractivity contribution in [1.29, 1.82) is 0 Å². The van der Waals surface area contributed by atoms with E-state index in [1.54, 1.807) is 17.7 Å². The predicted molar refractivity (Wildman–Crippen MR) is 105 cm³/mol. The number of rotatable bonds is 7. The summed E-state index contributed by atoms with van der Waals surface area (Å²) in [6.07, 6.45) is 2.36. The van der Waals surface area contributed by atoms with Crippen molar-refractivity contribution in [2.45, 2.75) is 20.3 Å². The number of aromatic amines is 1. The number of hydrogen-bond donors (Lipinski definition) is 2. The summed E-state index contributed by atoms with van der Waals surface area (Å²) in [6, 6.07) is 7.70. The zero-order valence-corrected chi connectivity index (χ0v) is 16.2. The predicted octanol–water partition coefficient (Wildman–Crippen LogP) is 4.15. The first-order valence-corrected chi connectivity index (χ1v) is 9.52. The lowest BCUT2D eigenvalue weighted by molar-refractivity contribution is -0.123. The van der Waals surface area contributed by atoms with Crippen molar-refractivity contribution in [3.63, 3.8) is 0 Å². The zero-order valence-electron chi connectivity index (χ0n) is 14.6. The second kappa shape index (κ2) is 8.38. The van der Waals surface area contributed by atoms with E-state index in [4.69, 9.17) is 16.3 Å². The number of halogens is 1. The van der Waals surface area contributed by atoms with Gasteiger partial charge in [0, 0.05) is 23.7 Å². The molecule has 7 heteroatoms. The van der Waals surface area contributed by atoms with Gasteiger partial charge in [-0.15, -0.1) is 11.3 Å². The minimum Gasteiger partial charge on any atom is -0.484 e. The average molecular weight is 390 g/mol. The maximum Gasteiger partial charge on any atom is 0.257 e. The SMILES string of the molecule is Cc1cc(OCC(=O)NCCc2[nH]cnc2-c2cccs2)cc(C)c1Cl. The number of imidazole rings is 1. The first-order chi connectivity index (χ1) is 12.5. The number of H-pyrrole nitrogens is 1. The second-order valence-corrected chi connectivity index (χ2v) is 7.29. The number of carbonyl (C=O) groups excluding carboxylic acids is 1. The quantitative estimate of drug-likeness (QED) is 0.638. The molecule has 1 amide bonds. The lowest BCUT2D eigenvalue weighted by atomic mass is 10.1. The van der Waals surface area contributed by atoms with Crippen molar-refractivity contribution < 1.29 is 9.53 Å². The number of hydrogen-bond acceptors (Lipinski definition) is 4. The van der Waals surface area contributed by atoms with Gasteiger partial charge in [0.25, 0.3) is 5.91 Å². The highest BCUT2D eigenvalue weighted by Gasteiger charge is 2.10. The fourth-order valence-corrected chi connectivity index (χ4v) is 3.51. The zero-order chi connectivity index (χ0) is 18.5. The summed E-state index contributed by atoms with van der Waals surface area (Å²) in [6.45, 7) is 4.32. The maximum absolute atomic E-state index is 12.0. The molecule has 26 heavy (non-hydrogen) atoms. The Morgan fingerprint density at radius 1 is 1.35 bits per heavy atom. The number of benzene rings is 1. The molecular formula is C19H20ClN3O2S. The second-order valence-electron chi connectivity index (χ2n) is 5.97. The minimum atomic E-state index is -0.160. The molecule has 3 aromatic rings. The van der Waals surface area contributed by atoms with Crippen LogP contribution in [0.1, 0.15) is 16.8 Å². The van der Waals surface area contributed by atoms with Crippen LogP contribution in [0.2, 0.25) is 5.02 Å². The van der Waals surface area contributed by atoms with Crippen LogP contribution in [0.25, 0.3) is 10.6 Å². The molecule has 0 atom stereocenters. The van der Waals surface area contributed by atoms with Gasteiger partial charge in [-0.1, -0.05) is 17.7 Å². The Labute approximate surface area is 161 Å². The largest absolute Gasteiger partial charge is 0.484 e. The number of nitrogens with one attached hydrogen (secondary N) is 2. The van der Waals surface area contributed by atoms with Gasteiger partial charge >= 0.3 is 0 Å². The normalized spacial score (nSPS) is 10.7. The average Bonchev–Trinajstić information content (AvgIpc) is 3.28. The molecule has 0 aliphatic carbocycles. The molecule has 0 aliphatic rings. The number of aromatic nitrogens is 2. The third-order valence-electron chi connectivity index (χ3n) is 3.95. The fraction of sp³-hybridized carbons (Fsp3) is 0.263. The molecule has 3 rings (SSSR count). The Kier molecular flexibility index (Phi) is 5.96. The molecule has 0 saturated heterocycles. The molecule has 0 spiro atoms. The summed E-state index contributed by atoms with van der Waals surface area (Å²) in [7, 11) is 0. The number of aryl methyl sites for hydroxylation is 2. The van der Waals surface area contributed by atoms with E-state index in [2.05, 4.69) is 15.3 Å².